The molecule has 2 bridgehead atoms. The molecule has 2 saturated carbocycles. The maximum atomic E-state index is 12.7. The molecule has 0 saturated heterocycles. The highest BCUT2D eigenvalue weighted by Gasteiger charge is 2.64. The second-order valence-corrected chi connectivity index (χ2v) is 42.4. The van der Waals surface area contributed by atoms with Crippen LogP contribution in [-0.2, 0) is 91.5 Å². The van der Waals surface area contributed by atoms with Crippen LogP contribution in [0.3, 0.4) is 0 Å². The van der Waals surface area contributed by atoms with Gasteiger partial charge in [-0.15, -0.1) is 0 Å². The molecule has 2 fully saturated rings. The highest BCUT2D eigenvalue weighted by molar-refractivity contribution is 8.00. The fourth-order valence-corrected chi connectivity index (χ4v) is 25.1. The molecule has 0 aromatic heterocycles. The van der Waals surface area contributed by atoms with E-state index in [1.807, 2.05) is 72.4 Å². The standard InChI is InChI=1S/C36H28S3.C24H19S2.C10H16O4S.C8H7NO3S.C7H3F5.C6HF5O3S.2C6H6S/c1-5-13-31(14-6-1)38(32-15-7-2-8-16-32)35-25-21-29(22-26-35)37-30-23-27-36(28-24-30)39(33-17-9-3-10-18-33)34-19-11-4-12-20-34;1-4-10-20(11-5-1)25-21-16-18-24(19-17-21)26(22-12-6-2-7-13-22)23-14-8-3-9-15-23;1-9(2)7-3-4-10(9,8(11)5-7)6-15-14-13-12;1-9-8(10)6-4-2-3-5-7(6)13(9,11)12;1-2-3(8)5(10)7(12)6(11)4(2)9;7-1-2(8)4(10)6(15-14-13-12)5(11)3(1)9;2*7-6-4-2-1-3-5-6/h1-28H;1-19H;7,12H,3-6H2,1-2H3;2-5H,1H3;1H3;12H;2*1-5,7H/q+2;+1;;;;;;. The second-order valence-electron chi connectivity index (χ2n) is 29.6. The van der Waals surface area contributed by atoms with E-state index in [0.29, 0.717) is 23.9 Å². The van der Waals surface area contributed by atoms with Crippen LogP contribution in [0.2, 0.25) is 0 Å². The summed E-state index contributed by atoms with van der Waals surface area (Å²) in [6.45, 7) is 5.11. The van der Waals surface area contributed by atoms with Crippen LogP contribution in [0.4, 0.5) is 43.9 Å². The lowest BCUT2D eigenvalue weighted by Gasteiger charge is -2.35. The molecule has 134 heavy (non-hydrogen) atoms. The number of ketones is 1. The molecule has 2 aliphatic carbocycles. The minimum absolute atomic E-state index is 0.0311. The van der Waals surface area contributed by atoms with E-state index in [0.717, 1.165) is 45.9 Å². The van der Waals surface area contributed by atoms with Gasteiger partial charge in [-0.25, -0.2) is 56.6 Å². The molecular formula is C103H86F10NO10S10+3. The van der Waals surface area contributed by atoms with E-state index in [4.69, 9.17) is 0 Å². The van der Waals surface area contributed by atoms with Gasteiger partial charge in [-0.1, -0.05) is 213 Å². The number of hydrogen-bond acceptors (Lipinski definition) is 14. The van der Waals surface area contributed by atoms with Crippen LogP contribution in [0.15, 0.2) is 453 Å². The Balaban J connectivity index is 0.000000158. The maximum absolute atomic E-state index is 12.7. The molecule has 31 heteroatoms. The lowest BCUT2D eigenvalue weighted by Crippen LogP contribution is -2.38. The first-order valence-electron chi connectivity index (χ1n) is 40.7. The van der Waals surface area contributed by atoms with Crippen LogP contribution in [0, 0.1) is 81.8 Å². The van der Waals surface area contributed by atoms with E-state index in [1.165, 1.54) is 82.8 Å². The number of amides is 1. The zero-order valence-electron chi connectivity index (χ0n) is 71.7. The summed E-state index contributed by atoms with van der Waals surface area (Å²) in [6.07, 6.45) is 2.71. The van der Waals surface area contributed by atoms with Crippen molar-refractivity contribution in [3.05, 3.63) is 439 Å². The Labute approximate surface area is 808 Å². The summed E-state index contributed by atoms with van der Waals surface area (Å²) in [4.78, 5) is 41.4. The number of hydrogen-bond donors (Lipinski definition) is 0. The minimum Gasteiger partial charge on any atom is -0.691 e. The Morgan fingerprint density at radius 2 is 0.657 bits per heavy atom. The van der Waals surface area contributed by atoms with E-state index < -0.39 is 96.6 Å². The number of carbonyl (C=O) groups excluding carboxylic acids is 2. The number of nitrogens with zero attached hydrogens (tertiary/aromatic N) is 1. The molecule has 18 rings (SSSR count). The molecule has 1 aliphatic heterocycles. The molecule has 0 spiro atoms. The normalized spacial score (nSPS) is 14.4. The number of rotatable bonds is 20. The highest BCUT2D eigenvalue weighted by atomic mass is 32.2. The Morgan fingerprint density at radius 1 is 0.381 bits per heavy atom. The summed E-state index contributed by atoms with van der Waals surface area (Å²) in [5.74, 6) is -19.4. The molecule has 3 aliphatic rings. The molecule has 0 N–H and O–H groups in total. The van der Waals surface area contributed by atoms with Gasteiger partial charge in [0.1, 0.15) is 25.4 Å². The Morgan fingerprint density at radius 3 is 0.940 bits per heavy atom. The zero-order valence-corrected chi connectivity index (χ0v) is 80.2. The van der Waals surface area contributed by atoms with Gasteiger partial charge in [0.15, 0.2) is 90.6 Å². The van der Waals surface area contributed by atoms with E-state index in [9.17, 15) is 72.4 Å². The van der Waals surface area contributed by atoms with E-state index in [-0.39, 0.29) is 54.0 Å². The van der Waals surface area contributed by atoms with Gasteiger partial charge in [0.25, 0.3) is 15.9 Å². The Bertz CT molecular complexity index is 5980. The van der Waals surface area contributed by atoms with Crippen LogP contribution in [0.1, 0.15) is 49.0 Å². The molecule has 2 atom stereocenters. The monoisotopic (exact) mass is 2010 g/mol. The fraction of sp³-hybridized carbons (Fsp3) is 0.107. The Hall–Kier alpha value is -10.4. The first-order chi connectivity index (χ1) is 64.6. The number of carbonyl (C=O) groups is 2. The first-order valence-corrected chi connectivity index (χ1v) is 50.1. The van der Waals surface area contributed by atoms with Gasteiger partial charge in [-0.3, -0.25) is 19.7 Å². The van der Waals surface area contributed by atoms with E-state index in [2.05, 4.69) is 343 Å². The van der Waals surface area contributed by atoms with Crippen molar-refractivity contribution < 1.29 is 91.2 Å². The molecule has 1 heterocycles. The first kappa shape index (κ1) is 104. The summed E-state index contributed by atoms with van der Waals surface area (Å²) in [5, 5.41) is 25.1. The highest BCUT2D eigenvalue weighted by Crippen LogP contribution is 2.65. The summed E-state index contributed by atoms with van der Waals surface area (Å²) in [5.41, 5.74) is -0.888. The van der Waals surface area contributed by atoms with Gasteiger partial charge < -0.3 is 10.5 Å². The van der Waals surface area contributed by atoms with Gasteiger partial charge in [-0.05, 0) is 250 Å². The lowest BCUT2D eigenvalue weighted by molar-refractivity contribution is -0.777. The largest absolute Gasteiger partial charge is 0.691 e. The van der Waals surface area contributed by atoms with Gasteiger partial charge >= 0.3 is 0 Å². The molecular weight excluding hydrogens is 1920 g/mol. The van der Waals surface area contributed by atoms with Crippen molar-refractivity contribution in [2.24, 2.45) is 16.7 Å². The molecule has 11 nitrogen and oxygen atoms in total. The van der Waals surface area contributed by atoms with Crippen molar-refractivity contribution in [1.29, 1.82) is 0 Å². The number of halogens is 10. The van der Waals surface area contributed by atoms with Gasteiger partial charge in [0.2, 0.25) is 11.6 Å². The number of benzene rings is 15. The van der Waals surface area contributed by atoms with Crippen LogP contribution in [0.25, 0.3) is 0 Å². The molecule has 15 aromatic carbocycles. The third-order valence-electron chi connectivity index (χ3n) is 21.1. The predicted molar refractivity (Wildman–Crippen MR) is 513 cm³/mol. The number of Topliss-reactive ketones (excluding diaryl/α,β-unsaturated/α-hetero) is 1. The van der Waals surface area contributed by atoms with Crippen molar-refractivity contribution in [1.82, 2.24) is 4.31 Å². The zero-order chi connectivity index (χ0) is 95.9. The van der Waals surface area contributed by atoms with Crippen LogP contribution >= 0.6 is 47.6 Å². The minimum atomic E-state index is -3.55. The van der Waals surface area contributed by atoms with Crippen molar-refractivity contribution >= 4 is 127 Å². The predicted octanol–water partition coefficient (Wildman–Crippen LogP) is 25.1. The van der Waals surface area contributed by atoms with Crippen LogP contribution < -0.4 is 10.5 Å². The molecule has 15 aromatic rings. The van der Waals surface area contributed by atoms with Crippen LogP contribution in [0.5, 0.6) is 0 Å². The van der Waals surface area contributed by atoms with Crippen molar-refractivity contribution in [3.8, 4) is 0 Å². The molecule has 1 amide bonds. The van der Waals surface area contributed by atoms with Gasteiger partial charge in [0, 0.05) is 61.8 Å². The summed E-state index contributed by atoms with van der Waals surface area (Å²) < 4.78 is 156. The third-order valence-corrected chi connectivity index (χ3v) is 33.7. The quantitative estimate of drug-likeness (QED) is 0.0104. The maximum Gasteiger partial charge on any atom is 0.268 e. The summed E-state index contributed by atoms with van der Waals surface area (Å²) in [7, 11) is -2.61. The lowest BCUT2D eigenvalue weighted by atomic mass is 9.70. The smallest absolute Gasteiger partial charge is 0.268 e. The summed E-state index contributed by atoms with van der Waals surface area (Å²) >= 11 is 10.9. The van der Waals surface area contributed by atoms with Gasteiger partial charge in [-0.2, -0.15) is 8.67 Å². The summed E-state index contributed by atoms with van der Waals surface area (Å²) in [6, 6.07) is 129. The van der Waals surface area contributed by atoms with Gasteiger partial charge in [0.05, 0.1) is 50.3 Å². The van der Waals surface area contributed by atoms with Crippen LogP contribution in [-0.4, -0.2) is 37.2 Å². The van der Waals surface area contributed by atoms with Crippen molar-refractivity contribution in [2.45, 2.75) is 123 Å². The van der Waals surface area contributed by atoms with E-state index >= 15 is 0 Å². The van der Waals surface area contributed by atoms with Crippen molar-refractivity contribution in [3.63, 3.8) is 0 Å². The Kier molecular flexibility index (Phi) is 39.6. The average Bonchev–Trinajstić information content (AvgIpc) is 1.55. The van der Waals surface area contributed by atoms with Crippen molar-refractivity contribution in [2.75, 3.05) is 12.8 Å². The fourth-order valence-electron chi connectivity index (χ4n) is 14.1. The number of fused-ring (bicyclic) bond motifs is 3. The molecule has 690 valence electrons. The molecule has 2 unspecified atom stereocenters. The third kappa shape index (κ3) is 27.1. The molecule has 0 radical (unpaired) electrons. The average molecular weight is 2010 g/mol. The van der Waals surface area contributed by atoms with E-state index in [1.54, 1.807) is 23.9 Å². The topological polar surface area (TPSA) is 155 Å². The SMILES string of the molecule is CC1(C)C2CCC1(CSOO[O-])C(=O)C2.CN1C(=O)c2ccccc2S1(=O)=O.Cc1c(F)c(F)c(F)c(F)c1F.[O-]OOSc1c(F)c(F)c(F)c(F)c1F.[SH2+]c1ccccc1.[SH2+]c1ccccc1.c1ccc(Sc2ccc([S+](c3ccccc3)c3ccccc3)cc2)cc1.c1ccc([S+](c2ccccc2)c2ccc(Sc3ccc([S+](c4ccccc4)c4ccccc4)cc3)cc2)cc1. The second kappa shape index (κ2) is 51.0. The number of sulfonamides is 1.